The van der Waals surface area contributed by atoms with Gasteiger partial charge in [-0.1, -0.05) is 6.07 Å². The molecular formula is C17H18N2O5S. The first-order valence-corrected chi connectivity index (χ1v) is 8.72. The van der Waals surface area contributed by atoms with Gasteiger partial charge in [0.05, 0.1) is 19.1 Å². The van der Waals surface area contributed by atoms with E-state index >= 15 is 0 Å². The molecule has 0 atom stereocenters. The van der Waals surface area contributed by atoms with Gasteiger partial charge >= 0.3 is 0 Å². The Morgan fingerprint density at radius 2 is 1.88 bits per heavy atom. The molecule has 132 valence electrons. The fourth-order valence-electron chi connectivity index (χ4n) is 2.06. The number of anilines is 1. The van der Waals surface area contributed by atoms with Crippen LogP contribution in [0.5, 0.6) is 11.5 Å². The van der Waals surface area contributed by atoms with Crippen LogP contribution in [-0.2, 0) is 14.8 Å². The normalized spacial score (nSPS) is 11.3. The van der Waals surface area contributed by atoms with E-state index in [4.69, 9.17) is 14.6 Å². The average Bonchev–Trinajstić information content (AvgIpc) is 2.59. The number of amides is 1. The van der Waals surface area contributed by atoms with E-state index < -0.39 is 15.9 Å². The van der Waals surface area contributed by atoms with E-state index in [9.17, 15) is 13.2 Å². The SMILES string of the molecule is COc1ccc(/C=C/C(=O)Nc2cccc(S(N)(=O)=O)c2)c(OC)c1. The fourth-order valence-corrected chi connectivity index (χ4v) is 2.62. The zero-order chi connectivity index (χ0) is 18.4. The Bertz CT molecular complexity index is 907. The predicted octanol–water partition coefficient (Wildman–Crippen LogP) is 2.00. The van der Waals surface area contributed by atoms with Crippen LogP contribution in [0.15, 0.2) is 53.4 Å². The highest BCUT2D eigenvalue weighted by Gasteiger charge is 2.09. The molecule has 0 heterocycles. The van der Waals surface area contributed by atoms with E-state index in [0.29, 0.717) is 22.7 Å². The van der Waals surface area contributed by atoms with E-state index in [1.165, 1.54) is 31.4 Å². The highest BCUT2D eigenvalue weighted by atomic mass is 32.2. The standard InChI is InChI=1S/C17H18N2O5S/c1-23-14-8-6-12(16(11-14)24-2)7-9-17(20)19-13-4-3-5-15(10-13)25(18,21)22/h3-11H,1-2H3,(H,19,20)(H2,18,21,22)/b9-7+. The molecule has 0 spiro atoms. The van der Waals surface area contributed by atoms with Gasteiger partial charge in [0.15, 0.2) is 0 Å². The van der Waals surface area contributed by atoms with Crippen LogP contribution >= 0.6 is 0 Å². The molecule has 2 rings (SSSR count). The van der Waals surface area contributed by atoms with Crippen molar-refractivity contribution in [3.05, 3.63) is 54.1 Å². The number of carbonyl (C=O) groups excluding carboxylic acids is 1. The van der Waals surface area contributed by atoms with Crippen molar-refractivity contribution in [2.45, 2.75) is 4.90 Å². The van der Waals surface area contributed by atoms with Crippen LogP contribution in [0.3, 0.4) is 0 Å². The van der Waals surface area contributed by atoms with Gasteiger partial charge in [0.1, 0.15) is 11.5 Å². The van der Waals surface area contributed by atoms with Gasteiger partial charge in [0.2, 0.25) is 15.9 Å². The quantitative estimate of drug-likeness (QED) is 0.764. The summed E-state index contributed by atoms with van der Waals surface area (Å²) in [6, 6.07) is 10.9. The van der Waals surface area contributed by atoms with Crippen molar-refractivity contribution in [3.63, 3.8) is 0 Å². The maximum atomic E-state index is 12.0. The molecule has 0 aliphatic rings. The number of primary sulfonamides is 1. The molecule has 0 aromatic heterocycles. The Kier molecular flexibility index (Phi) is 5.79. The largest absolute Gasteiger partial charge is 0.497 e. The third-order valence-electron chi connectivity index (χ3n) is 3.29. The highest BCUT2D eigenvalue weighted by molar-refractivity contribution is 7.89. The third kappa shape index (κ3) is 5.07. The van der Waals surface area contributed by atoms with Crippen molar-refractivity contribution in [1.82, 2.24) is 0 Å². The molecule has 0 aliphatic carbocycles. The summed E-state index contributed by atoms with van der Waals surface area (Å²) < 4.78 is 33.0. The number of rotatable bonds is 6. The Morgan fingerprint density at radius 1 is 1.12 bits per heavy atom. The molecule has 2 aromatic carbocycles. The summed E-state index contributed by atoms with van der Waals surface area (Å²) in [5.74, 6) is 0.766. The molecule has 0 saturated heterocycles. The average molecular weight is 362 g/mol. The first-order chi connectivity index (χ1) is 11.8. The topological polar surface area (TPSA) is 108 Å². The molecular weight excluding hydrogens is 344 g/mol. The van der Waals surface area contributed by atoms with E-state index in [1.54, 1.807) is 37.5 Å². The molecule has 7 nitrogen and oxygen atoms in total. The Morgan fingerprint density at radius 3 is 2.52 bits per heavy atom. The van der Waals surface area contributed by atoms with Gasteiger partial charge in [-0.05, 0) is 36.4 Å². The van der Waals surface area contributed by atoms with Gasteiger partial charge in [-0.3, -0.25) is 4.79 Å². The number of methoxy groups -OCH3 is 2. The van der Waals surface area contributed by atoms with Crippen LogP contribution in [0.1, 0.15) is 5.56 Å². The van der Waals surface area contributed by atoms with Crippen molar-refractivity contribution in [2.24, 2.45) is 5.14 Å². The van der Waals surface area contributed by atoms with Gasteiger partial charge < -0.3 is 14.8 Å². The first-order valence-electron chi connectivity index (χ1n) is 7.17. The summed E-state index contributed by atoms with van der Waals surface area (Å²) in [5, 5.41) is 7.64. The van der Waals surface area contributed by atoms with Gasteiger partial charge in [-0.15, -0.1) is 0 Å². The summed E-state index contributed by atoms with van der Waals surface area (Å²) in [5.41, 5.74) is 1.01. The van der Waals surface area contributed by atoms with Crippen LogP contribution in [-0.4, -0.2) is 28.5 Å². The van der Waals surface area contributed by atoms with Crippen LogP contribution in [0.2, 0.25) is 0 Å². The minimum atomic E-state index is -3.83. The summed E-state index contributed by atoms with van der Waals surface area (Å²) in [6.07, 6.45) is 2.89. The first kappa shape index (κ1) is 18.5. The lowest BCUT2D eigenvalue weighted by molar-refractivity contribution is -0.111. The van der Waals surface area contributed by atoms with Gasteiger partial charge in [0.25, 0.3) is 0 Å². The highest BCUT2D eigenvalue weighted by Crippen LogP contribution is 2.25. The lowest BCUT2D eigenvalue weighted by atomic mass is 10.1. The number of nitrogens with one attached hydrogen (secondary N) is 1. The van der Waals surface area contributed by atoms with Crippen molar-refractivity contribution in [1.29, 1.82) is 0 Å². The van der Waals surface area contributed by atoms with Crippen LogP contribution in [0.4, 0.5) is 5.69 Å². The molecule has 0 radical (unpaired) electrons. The molecule has 1 amide bonds. The van der Waals surface area contributed by atoms with Crippen molar-refractivity contribution < 1.29 is 22.7 Å². The number of hydrogen-bond donors (Lipinski definition) is 2. The molecule has 0 unspecified atom stereocenters. The van der Waals surface area contributed by atoms with E-state index in [2.05, 4.69) is 5.32 Å². The monoisotopic (exact) mass is 362 g/mol. The van der Waals surface area contributed by atoms with Crippen molar-refractivity contribution in [3.8, 4) is 11.5 Å². The zero-order valence-corrected chi connectivity index (χ0v) is 14.5. The molecule has 0 bridgehead atoms. The number of nitrogens with two attached hydrogens (primary N) is 1. The summed E-state index contributed by atoms with van der Waals surface area (Å²) >= 11 is 0. The van der Waals surface area contributed by atoms with E-state index in [0.717, 1.165) is 0 Å². The second-order valence-electron chi connectivity index (χ2n) is 5.00. The third-order valence-corrected chi connectivity index (χ3v) is 4.20. The maximum absolute atomic E-state index is 12.0. The molecule has 8 heteroatoms. The minimum absolute atomic E-state index is 0.0777. The molecule has 2 aromatic rings. The van der Waals surface area contributed by atoms with Crippen LogP contribution < -0.4 is 19.9 Å². The maximum Gasteiger partial charge on any atom is 0.248 e. The van der Waals surface area contributed by atoms with Gasteiger partial charge in [-0.2, -0.15) is 0 Å². The molecule has 0 saturated carbocycles. The molecule has 3 N–H and O–H groups in total. The molecule has 0 aliphatic heterocycles. The van der Waals surface area contributed by atoms with E-state index in [-0.39, 0.29) is 4.90 Å². The minimum Gasteiger partial charge on any atom is -0.497 e. The zero-order valence-electron chi connectivity index (χ0n) is 13.7. The van der Waals surface area contributed by atoms with Gasteiger partial charge in [0, 0.05) is 23.4 Å². The number of hydrogen-bond acceptors (Lipinski definition) is 5. The van der Waals surface area contributed by atoms with Gasteiger partial charge in [-0.25, -0.2) is 13.6 Å². The van der Waals surface area contributed by atoms with Crippen LogP contribution in [0, 0.1) is 0 Å². The number of sulfonamides is 1. The lowest BCUT2D eigenvalue weighted by Gasteiger charge is -2.07. The second kappa shape index (κ2) is 7.82. The molecule has 0 fully saturated rings. The summed E-state index contributed by atoms with van der Waals surface area (Å²) in [6.45, 7) is 0. The number of ether oxygens (including phenoxy) is 2. The van der Waals surface area contributed by atoms with Crippen molar-refractivity contribution >= 4 is 27.7 Å². The lowest BCUT2D eigenvalue weighted by Crippen LogP contribution is -2.13. The Hall–Kier alpha value is -2.84. The Balaban J connectivity index is 2.14. The Labute approximate surface area is 146 Å². The van der Waals surface area contributed by atoms with E-state index in [1.807, 2.05) is 0 Å². The predicted molar refractivity (Wildman–Crippen MR) is 95.0 cm³/mol. The number of benzene rings is 2. The smallest absolute Gasteiger partial charge is 0.248 e. The second-order valence-corrected chi connectivity index (χ2v) is 6.56. The number of carbonyl (C=O) groups is 1. The van der Waals surface area contributed by atoms with Crippen LogP contribution in [0.25, 0.3) is 6.08 Å². The summed E-state index contributed by atoms with van der Waals surface area (Å²) in [4.78, 5) is 11.9. The molecule has 25 heavy (non-hydrogen) atoms. The summed E-state index contributed by atoms with van der Waals surface area (Å²) in [7, 11) is -0.762. The fraction of sp³-hybridized carbons (Fsp3) is 0.118. The van der Waals surface area contributed by atoms with Crippen molar-refractivity contribution in [2.75, 3.05) is 19.5 Å².